The molecule has 5 saturated carbocycles. The lowest BCUT2D eigenvalue weighted by Gasteiger charge is -2.73. The van der Waals surface area contributed by atoms with E-state index in [0.717, 1.165) is 24.7 Å². The van der Waals surface area contributed by atoms with Crippen molar-refractivity contribution in [2.45, 2.75) is 119 Å². The number of aldehydes is 1. The fraction of sp³-hybridized carbons (Fsp3) is 0.875. The van der Waals surface area contributed by atoms with E-state index in [-0.39, 0.29) is 17.5 Å². The first-order valence-corrected chi connectivity index (χ1v) is 14.6. The van der Waals surface area contributed by atoms with E-state index in [0.29, 0.717) is 51.2 Å². The molecule has 5 aliphatic carbocycles. The number of fused-ring (bicyclic) bond motifs is 7. The molecule has 0 aromatic heterocycles. The van der Waals surface area contributed by atoms with Crippen molar-refractivity contribution < 1.29 is 14.3 Å². The third-order valence-electron chi connectivity index (χ3n) is 13.7. The van der Waals surface area contributed by atoms with Crippen LogP contribution < -0.4 is 0 Å². The number of hydrogen-bond donors (Lipinski definition) is 0. The molecule has 5 fully saturated rings. The Bertz CT molecular complexity index is 920. The molecule has 0 spiro atoms. The average molecular weight is 483 g/mol. The van der Waals surface area contributed by atoms with Crippen LogP contribution in [0.5, 0.6) is 0 Å². The molecule has 0 radical (unpaired) electrons. The number of esters is 1. The van der Waals surface area contributed by atoms with Crippen LogP contribution in [0.3, 0.4) is 0 Å². The summed E-state index contributed by atoms with van der Waals surface area (Å²) in [6.07, 6.45) is 13.4. The Morgan fingerprint density at radius 2 is 1.54 bits per heavy atom. The summed E-state index contributed by atoms with van der Waals surface area (Å²) >= 11 is 0. The lowest BCUT2D eigenvalue weighted by Crippen LogP contribution is -2.66. The summed E-state index contributed by atoms with van der Waals surface area (Å²) in [5.41, 5.74) is 2.18. The molecule has 0 aromatic carbocycles. The molecule has 4 unspecified atom stereocenters. The van der Waals surface area contributed by atoms with Gasteiger partial charge in [0, 0.05) is 12.3 Å². The van der Waals surface area contributed by atoms with Gasteiger partial charge in [-0.2, -0.15) is 0 Å². The molecule has 0 N–H and O–H groups in total. The second-order valence-electron chi connectivity index (χ2n) is 15.1. The third-order valence-corrected chi connectivity index (χ3v) is 13.7. The number of carbonyl (C=O) groups is 2. The third kappa shape index (κ3) is 3.27. The highest BCUT2D eigenvalue weighted by Crippen LogP contribution is 2.77. The molecule has 10 atom stereocenters. The molecule has 0 heterocycles. The topological polar surface area (TPSA) is 43.4 Å². The van der Waals surface area contributed by atoms with Crippen molar-refractivity contribution in [1.29, 1.82) is 0 Å². The molecule has 5 rings (SSSR count). The largest absolute Gasteiger partial charge is 0.462 e. The van der Waals surface area contributed by atoms with Crippen molar-refractivity contribution in [1.82, 2.24) is 0 Å². The Morgan fingerprint density at radius 3 is 2.20 bits per heavy atom. The zero-order chi connectivity index (χ0) is 25.6. The van der Waals surface area contributed by atoms with E-state index in [1.165, 1.54) is 51.4 Å². The second kappa shape index (κ2) is 7.94. The summed E-state index contributed by atoms with van der Waals surface area (Å²) in [6, 6.07) is 0. The highest BCUT2D eigenvalue weighted by molar-refractivity contribution is 5.73. The van der Waals surface area contributed by atoms with Crippen LogP contribution in [0.4, 0.5) is 0 Å². The SMILES string of the molecule is C=C(C=O)[C@@H]1CC[C@]2(C)CC[C@]3(C)C(CCC4[C@@]5(C)CC[C@H](OC(C)=O)C(C)(C)C5CC[C@]43C)C12. The Kier molecular flexibility index (Phi) is 5.79. The zero-order valence-corrected chi connectivity index (χ0v) is 23.5. The molecule has 5 aliphatic rings. The van der Waals surface area contributed by atoms with Gasteiger partial charge in [0.05, 0.1) is 0 Å². The molecule has 0 bridgehead atoms. The zero-order valence-electron chi connectivity index (χ0n) is 23.5. The first-order valence-electron chi connectivity index (χ1n) is 14.6. The molecule has 0 aliphatic heterocycles. The van der Waals surface area contributed by atoms with Crippen LogP contribution in [0.15, 0.2) is 12.2 Å². The summed E-state index contributed by atoms with van der Waals surface area (Å²) in [6.45, 7) is 21.0. The van der Waals surface area contributed by atoms with E-state index in [9.17, 15) is 9.59 Å². The van der Waals surface area contributed by atoms with E-state index >= 15 is 0 Å². The van der Waals surface area contributed by atoms with Gasteiger partial charge in [0.15, 0.2) is 0 Å². The van der Waals surface area contributed by atoms with Crippen LogP contribution in [-0.4, -0.2) is 18.4 Å². The van der Waals surface area contributed by atoms with E-state index in [1.807, 2.05) is 0 Å². The van der Waals surface area contributed by atoms with Gasteiger partial charge in [0.1, 0.15) is 12.4 Å². The van der Waals surface area contributed by atoms with Crippen molar-refractivity contribution >= 4 is 12.3 Å². The molecular formula is C32H50O3. The summed E-state index contributed by atoms with van der Waals surface area (Å²) in [5, 5.41) is 0. The van der Waals surface area contributed by atoms with Crippen molar-refractivity contribution in [3.63, 3.8) is 0 Å². The Morgan fingerprint density at radius 1 is 0.829 bits per heavy atom. The predicted molar refractivity (Wildman–Crippen MR) is 141 cm³/mol. The minimum Gasteiger partial charge on any atom is -0.462 e. The van der Waals surface area contributed by atoms with Crippen LogP contribution in [0.1, 0.15) is 113 Å². The quantitative estimate of drug-likeness (QED) is 0.234. The number of ether oxygens (including phenoxy) is 1. The second-order valence-corrected chi connectivity index (χ2v) is 15.1. The maximum absolute atomic E-state index is 11.9. The monoisotopic (exact) mass is 482 g/mol. The number of rotatable bonds is 3. The van der Waals surface area contributed by atoms with E-state index in [1.54, 1.807) is 6.92 Å². The summed E-state index contributed by atoms with van der Waals surface area (Å²) in [4.78, 5) is 23.7. The maximum Gasteiger partial charge on any atom is 0.302 e. The Labute approximate surface area is 214 Å². The molecule has 35 heavy (non-hydrogen) atoms. The van der Waals surface area contributed by atoms with Gasteiger partial charge in [-0.3, -0.25) is 9.59 Å². The highest BCUT2D eigenvalue weighted by Gasteiger charge is 2.70. The molecule has 0 aromatic rings. The first-order chi connectivity index (χ1) is 16.2. The smallest absolute Gasteiger partial charge is 0.302 e. The Hall–Kier alpha value is -1.12. The predicted octanol–water partition coefficient (Wildman–Crippen LogP) is 7.77. The molecule has 0 amide bonds. The van der Waals surface area contributed by atoms with Gasteiger partial charge in [-0.25, -0.2) is 0 Å². The van der Waals surface area contributed by atoms with Gasteiger partial charge in [-0.05, 0) is 121 Å². The summed E-state index contributed by atoms with van der Waals surface area (Å²) in [7, 11) is 0. The van der Waals surface area contributed by atoms with E-state index in [2.05, 4.69) is 48.1 Å². The maximum atomic E-state index is 11.9. The molecular weight excluding hydrogens is 432 g/mol. The van der Waals surface area contributed by atoms with Gasteiger partial charge in [-0.15, -0.1) is 0 Å². The van der Waals surface area contributed by atoms with Crippen LogP contribution >= 0.6 is 0 Å². The number of allylic oxidation sites excluding steroid dienone is 1. The van der Waals surface area contributed by atoms with E-state index in [4.69, 9.17) is 4.74 Å². The van der Waals surface area contributed by atoms with Crippen molar-refractivity contribution in [3.8, 4) is 0 Å². The standard InChI is InChI=1S/C32H50O3/c1-20(19-33)22-11-14-29(5)17-18-31(7)23(27(22)29)9-10-25-30(6)15-13-26(35-21(2)34)28(3,4)24(30)12-16-32(25,31)8/h19,22-27H,1,9-18H2,2-8H3/t22-,23?,24?,25?,26-,27?,29+,30-,31+,32+/m0/s1. The van der Waals surface area contributed by atoms with Gasteiger partial charge < -0.3 is 4.74 Å². The normalized spacial score (nSPS) is 52.3. The molecule has 3 nitrogen and oxygen atoms in total. The molecule has 196 valence electrons. The van der Waals surface area contributed by atoms with Crippen molar-refractivity contribution in [3.05, 3.63) is 12.2 Å². The lowest BCUT2D eigenvalue weighted by atomic mass is 9.32. The average Bonchev–Trinajstić information content (AvgIpc) is 3.13. The van der Waals surface area contributed by atoms with Crippen molar-refractivity contribution in [2.24, 2.45) is 56.7 Å². The lowest BCUT2D eigenvalue weighted by molar-refractivity contribution is -0.248. The van der Waals surface area contributed by atoms with Crippen LogP contribution in [0, 0.1) is 56.7 Å². The molecule has 0 saturated heterocycles. The number of hydrogen-bond acceptors (Lipinski definition) is 3. The van der Waals surface area contributed by atoms with Crippen molar-refractivity contribution in [2.75, 3.05) is 0 Å². The van der Waals surface area contributed by atoms with Crippen LogP contribution in [0.25, 0.3) is 0 Å². The minimum absolute atomic E-state index is 0.0150. The fourth-order valence-electron chi connectivity index (χ4n) is 11.8. The summed E-state index contributed by atoms with van der Waals surface area (Å²) in [5.74, 6) is 2.86. The van der Waals surface area contributed by atoms with E-state index < -0.39 is 0 Å². The minimum atomic E-state index is -0.131. The van der Waals surface area contributed by atoms with Gasteiger partial charge in [-0.1, -0.05) is 48.1 Å². The highest BCUT2D eigenvalue weighted by atomic mass is 16.5. The first kappa shape index (κ1) is 25.5. The Balaban J connectivity index is 1.50. The van der Waals surface area contributed by atoms with Gasteiger partial charge in [0.25, 0.3) is 0 Å². The fourth-order valence-corrected chi connectivity index (χ4v) is 11.8. The number of carbonyl (C=O) groups excluding carboxylic acids is 2. The molecule has 3 heteroatoms. The van der Waals surface area contributed by atoms with Crippen LogP contribution in [-0.2, 0) is 14.3 Å². The van der Waals surface area contributed by atoms with Gasteiger partial charge in [0.2, 0.25) is 0 Å². The van der Waals surface area contributed by atoms with Gasteiger partial charge >= 0.3 is 5.97 Å². The summed E-state index contributed by atoms with van der Waals surface area (Å²) < 4.78 is 5.89. The van der Waals surface area contributed by atoms with Crippen LogP contribution in [0.2, 0.25) is 0 Å².